The number of hydrogen-bond acceptors (Lipinski definition) is 28. The molecule has 6 aliphatic rings. The van der Waals surface area contributed by atoms with Crippen molar-refractivity contribution in [3.63, 3.8) is 0 Å². The molecule has 0 radical (unpaired) electrons. The fourth-order valence-corrected chi connectivity index (χ4v) is 15.0. The van der Waals surface area contributed by atoms with Gasteiger partial charge in [-0.2, -0.15) is 5.48 Å². The molecule has 0 spiro atoms. The van der Waals surface area contributed by atoms with E-state index in [9.17, 15) is 50.0 Å². The zero-order valence-corrected chi connectivity index (χ0v) is 56.1. The fourth-order valence-electron chi connectivity index (χ4n) is 11.3. The highest BCUT2D eigenvalue weighted by Gasteiger charge is 2.52. The zero-order chi connectivity index (χ0) is 66.0. The molecule has 4 fully saturated rings. The Kier molecular flexibility index (Phi) is 26.1. The summed E-state index contributed by atoms with van der Waals surface area (Å²) >= 11 is 2.81. The Bertz CT molecular complexity index is 3160. The summed E-state index contributed by atoms with van der Waals surface area (Å²) in [5.41, 5.74) is 1.27. The van der Waals surface area contributed by atoms with E-state index in [2.05, 4.69) is 34.5 Å². The Morgan fingerprint density at radius 1 is 0.879 bits per heavy atom. The van der Waals surface area contributed by atoms with Crippen LogP contribution in [0.1, 0.15) is 69.3 Å². The van der Waals surface area contributed by atoms with Crippen molar-refractivity contribution >= 4 is 78.5 Å². The summed E-state index contributed by atoms with van der Waals surface area (Å²) in [7, 11) is 9.40. The lowest BCUT2D eigenvalue weighted by atomic mass is 9.72. The van der Waals surface area contributed by atoms with Gasteiger partial charge in [0.2, 0.25) is 17.2 Å². The Hall–Kier alpha value is -4.47. The van der Waals surface area contributed by atoms with Gasteiger partial charge < -0.3 is 87.7 Å². The van der Waals surface area contributed by atoms with Gasteiger partial charge in [0, 0.05) is 66.6 Å². The van der Waals surface area contributed by atoms with Crippen molar-refractivity contribution in [3.05, 3.63) is 84.0 Å². The Labute approximate surface area is 552 Å². The number of non-ortho nitro benzene ring substituents is 1. The molecule has 91 heavy (non-hydrogen) atoms. The molecule has 30 heteroatoms. The molecule has 2 aliphatic carbocycles. The number of carbonyl (C=O) groups is 3. The number of nitrogens with zero attached hydrogens (tertiary/aromatic N) is 1. The van der Waals surface area contributed by atoms with E-state index in [0.29, 0.717) is 20.6 Å². The van der Waals surface area contributed by atoms with Crippen molar-refractivity contribution in [1.82, 2.24) is 10.8 Å². The Morgan fingerprint density at radius 2 is 1.59 bits per heavy atom. The van der Waals surface area contributed by atoms with Crippen LogP contribution in [-0.4, -0.2) is 217 Å². The van der Waals surface area contributed by atoms with Crippen LogP contribution in [0.25, 0.3) is 0 Å². The number of carbonyl (C=O) groups excluding carboxylic acids is 3. The SMILES string of the molecule is CCN[C@H]1CO[C@@H](O[C@H]2[C@H](O[C@H]3C#C/C=C\C#C[C@]4(O)CC(=O)C(CC(=O)OC)=C3/C4=C\CSSc3ccc([N+](=O)[O-])cc3)O[C@H](C)[C@@H](NO[C@H]3C[C@H](O)[C@H](SC(=O)c4c(C)c(I)c(O[C@@H]5O[C@@H](C)[C@H](O)[C@@H](OC)[C@H]5O)c(OC)c4OC)[C@@H](C)O3)[C@@H]2O)C[C@@H]1OC. The van der Waals surface area contributed by atoms with Gasteiger partial charge in [0.05, 0.1) is 103 Å². The molecule has 2 aromatic rings. The third-order valence-corrected chi connectivity index (χ3v) is 21.0. The van der Waals surface area contributed by atoms with E-state index >= 15 is 0 Å². The maximum absolute atomic E-state index is 14.5. The standard InChI is InChI=1S/C61H76IN3O23S3/c1-11-63-37-28-81-43(26-41(37)76-6)86-55-50(70)48(64-88-44-25-38(66)57(32(5)82-44)90-58(72)45-29(2)47(62)53(56(80-10)52(45)78-8)87-59-51(71)54(79-9)49(69)31(4)84-59)30(3)83-60(55)85-40-16-14-12-13-15-22-61(73)27-39(67)35(24-42(68)77-7)46(40)36(61)21-23-89-91-34-19-17-33(18-20-34)65(74)75/h12-13,17-21,30-32,37-38,40-41,43-44,48-51,54-55,57,59-60,63-64,66,69-71,73H,11,23-28H2,1-10H3/b13-12-,36-21+/t30-,31+,32-,37+,38+,40+,41+,43+,44+,48-,49+,50+,51-,54-,55-,57-,59+,60+,61+/m1/s1. The van der Waals surface area contributed by atoms with E-state index in [4.69, 9.17) is 61.7 Å². The maximum atomic E-state index is 14.5. The number of ketones is 1. The summed E-state index contributed by atoms with van der Waals surface area (Å²) in [6.07, 6.45) is -13.9. The van der Waals surface area contributed by atoms with E-state index in [0.717, 1.165) is 11.8 Å². The first kappa shape index (κ1) is 72.4. The molecule has 4 aliphatic heterocycles. The molecule has 0 unspecified atom stereocenters. The van der Waals surface area contributed by atoms with Crippen molar-refractivity contribution in [2.45, 2.75) is 180 Å². The van der Waals surface area contributed by atoms with Gasteiger partial charge in [-0.1, -0.05) is 70.0 Å². The van der Waals surface area contributed by atoms with Crippen LogP contribution in [0.2, 0.25) is 0 Å². The first-order valence-corrected chi connectivity index (χ1v) is 33.4. The van der Waals surface area contributed by atoms with Crippen LogP contribution in [0.3, 0.4) is 0 Å². The van der Waals surface area contributed by atoms with Gasteiger partial charge >= 0.3 is 5.97 Å². The van der Waals surface area contributed by atoms with Gasteiger partial charge in [-0.15, -0.1) is 0 Å². The number of nitro benzene ring substituents is 1. The van der Waals surface area contributed by atoms with Crippen LogP contribution in [0, 0.1) is 44.3 Å². The average Bonchev–Trinajstić information content (AvgIpc) is 0.833. The minimum absolute atomic E-state index is 0.00875. The highest BCUT2D eigenvalue weighted by Crippen LogP contribution is 2.49. The number of esters is 1. The van der Waals surface area contributed by atoms with Crippen molar-refractivity contribution in [2.24, 2.45) is 0 Å². The molecule has 0 saturated carbocycles. The number of allylic oxidation sites excluding steroid dienone is 2. The monoisotopic (exact) mass is 1440 g/mol. The summed E-state index contributed by atoms with van der Waals surface area (Å²) in [4.78, 5) is 59.6. The van der Waals surface area contributed by atoms with Gasteiger partial charge in [-0.3, -0.25) is 29.3 Å². The minimum atomic E-state index is -2.13. The molecule has 19 atom stereocenters. The number of aliphatic hydroxyl groups is 5. The number of benzene rings is 2. The number of halogens is 1. The van der Waals surface area contributed by atoms with Crippen LogP contribution in [0.4, 0.5) is 5.69 Å². The molecule has 498 valence electrons. The third-order valence-electron chi connectivity index (χ3n) is 16.1. The number of thioether (sulfide) groups is 1. The van der Waals surface area contributed by atoms with Gasteiger partial charge in [0.25, 0.3) is 5.69 Å². The fraction of sp³-hybridized carbons (Fsp3) is 0.590. The van der Waals surface area contributed by atoms with Gasteiger partial charge in [0.15, 0.2) is 41.8 Å². The number of fused-ring (bicyclic) bond motifs is 2. The molecular weight excluding hydrogens is 1370 g/mol. The zero-order valence-electron chi connectivity index (χ0n) is 51.5. The predicted octanol–water partition coefficient (Wildman–Crippen LogP) is 4.14. The average molecular weight is 1440 g/mol. The lowest BCUT2D eigenvalue weighted by molar-refractivity contribution is -0.384. The first-order valence-electron chi connectivity index (χ1n) is 29.1. The van der Waals surface area contributed by atoms with Gasteiger partial charge in [0.1, 0.15) is 36.6 Å². The highest BCUT2D eigenvalue weighted by atomic mass is 127. The van der Waals surface area contributed by atoms with E-state index < -0.39 is 144 Å². The number of ether oxygens (including phenoxy) is 12. The normalized spacial score (nSPS) is 34.0. The molecule has 26 nitrogen and oxygen atoms in total. The van der Waals surface area contributed by atoms with Crippen molar-refractivity contribution in [3.8, 4) is 40.9 Å². The number of hydrogen-bond donors (Lipinski definition) is 7. The lowest BCUT2D eigenvalue weighted by Crippen LogP contribution is -2.65. The van der Waals surface area contributed by atoms with Crippen molar-refractivity contribution in [1.29, 1.82) is 0 Å². The van der Waals surface area contributed by atoms with E-state index in [1.54, 1.807) is 53.0 Å². The smallest absolute Gasteiger partial charge is 0.310 e. The highest BCUT2D eigenvalue weighted by molar-refractivity contribution is 14.1. The second-order valence-corrected chi connectivity index (χ2v) is 26.6. The Morgan fingerprint density at radius 3 is 2.25 bits per heavy atom. The third kappa shape index (κ3) is 16.8. The first-order chi connectivity index (χ1) is 43.5. The maximum Gasteiger partial charge on any atom is 0.310 e. The van der Waals surface area contributed by atoms with Crippen molar-refractivity contribution in [2.75, 3.05) is 54.5 Å². The van der Waals surface area contributed by atoms with E-state index in [1.807, 2.05) is 29.5 Å². The molecule has 4 heterocycles. The molecule has 0 amide bonds. The molecule has 2 bridgehead atoms. The summed E-state index contributed by atoms with van der Waals surface area (Å²) in [6, 6.07) is 4.63. The number of methoxy groups -OCH3 is 5. The summed E-state index contributed by atoms with van der Waals surface area (Å²) in [6.45, 7) is 9.31. The van der Waals surface area contributed by atoms with Crippen LogP contribution in [0.15, 0.2) is 64.1 Å². The van der Waals surface area contributed by atoms with Crippen LogP contribution < -0.4 is 25.0 Å². The molecule has 4 saturated heterocycles. The molecule has 8 rings (SSSR count). The summed E-state index contributed by atoms with van der Waals surface area (Å²) in [5.74, 6) is 10.4. The second-order valence-electron chi connectivity index (χ2n) is 21.9. The summed E-state index contributed by atoms with van der Waals surface area (Å²) < 4.78 is 72.9. The number of rotatable bonds is 24. The molecule has 0 aromatic heterocycles. The predicted molar refractivity (Wildman–Crippen MR) is 339 cm³/mol. The largest absolute Gasteiger partial charge is 0.492 e. The second kappa shape index (κ2) is 32.8. The van der Waals surface area contributed by atoms with E-state index in [1.165, 1.54) is 74.3 Å². The number of hydroxylamine groups is 1. The van der Waals surface area contributed by atoms with Gasteiger partial charge in [-0.25, -0.2) is 0 Å². The Balaban J connectivity index is 1.03. The lowest BCUT2D eigenvalue weighted by Gasteiger charge is -2.46. The van der Waals surface area contributed by atoms with Crippen molar-refractivity contribution < 1.29 is 107 Å². The number of aliphatic hydroxyl groups excluding tert-OH is 4. The van der Waals surface area contributed by atoms with Crippen LogP contribution >= 0.6 is 55.9 Å². The molecule has 2 aromatic carbocycles. The van der Waals surface area contributed by atoms with Crippen LogP contribution in [-0.2, 0) is 57.1 Å². The van der Waals surface area contributed by atoms with Crippen LogP contribution in [0.5, 0.6) is 17.2 Å². The quantitative estimate of drug-likeness (QED) is 0.0148. The molecule has 7 N–H and O–H groups in total. The molecular formula is C61H76IN3O23S3. The number of likely N-dealkylation sites (N-methyl/N-ethyl adjacent to an activating group) is 1. The van der Waals surface area contributed by atoms with E-state index in [-0.39, 0.29) is 76.5 Å². The van der Waals surface area contributed by atoms with Gasteiger partial charge in [-0.05, 0) is 86.7 Å². The number of Topliss-reactive ketones (excluding diaryl/α,β-unsaturated/α-hetero) is 1. The minimum Gasteiger partial charge on any atom is -0.492 e. The summed E-state index contributed by atoms with van der Waals surface area (Å²) in [5, 5.41) is 71.8. The number of nitrogens with one attached hydrogen (secondary N) is 2. The number of nitro groups is 1. The topological polar surface area (TPSA) is 340 Å².